The summed E-state index contributed by atoms with van der Waals surface area (Å²) in [7, 11) is -3.92. The fraction of sp³-hybridized carbons (Fsp3) is 0.188. The fourth-order valence-electron chi connectivity index (χ4n) is 2.33. The molecule has 1 atom stereocenters. The Bertz CT molecular complexity index is 839. The van der Waals surface area contributed by atoms with Crippen molar-refractivity contribution in [3.05, 3.63) is 64.9 Å². The molecule has 0 aromatic heterocycles. The highest BCUT2D eigenvalue weighted by atomic mass is 35.5. The van der Waals surface area contributed by atoms with Gasteiger partial charge < -0.3 is 5.11 Å². The van der Waals surface area contributed by atoms with Crippen LogP contribution in [0.1, 0.15) is 5.56 Å². The lowest BCUT2D eigenvalue weighted by Gasteiger charge is -2.29. The molecule has 2 rings (SSSR count). The summed E-state index contributed by atoms with van der Waals surface area (Å²) in [5, 5.41) is 9.90. The van der Waals surface area contributed by atoms with Gasteiger partial charge in [-0.2, -0.15) is 0 Å². The van der Waals surface area contributed by atoms with Crippen molar-refractivity contribution < 1.29 is 22.7 Å². The molecule has 1 N–H and O–H groups in total. The normalized spacial score (nSPS) is 12.6. The minimum absolute atomic E-state index is 0.0679. The predicted molar refractivity (Wildman–Crippen MR) is 90.3 cm³/mol. The summed E-state index contributed by atoms with van der Waals surface area (Å²) in [4.78, 5) is 11.7. The highest BCUT2D eigenvalue weighted by Crippen LogP contribution is 2.25. The molecule has 5 nitrogen and oxygen atoms in total. The van der Waals surface area contributed by atoms with Crippen LogP contribution in [-0.4, -0.2) is 31.8 Å². The molecule has 2 aromatic rings. The van der Waals surface area contributed by atoms with Crippen molar-refractivity contribution in [2.45, 2.75) is 12.5 Å². The zero-order chi connectivity index (χ0) is 17.9. The molecule has 24 heavy (non-hydrogen) atoms. The van der Waals surface area contributed by atoms with Gasteiger partial charge in [-0.3, -0.25) is 4.31 Å². The van der Waals surface area contributed by atoms with Crippen LogP contribution in [0.4, 0.5) is 10.1 Å². The van der Waals surface area contributed by atoms with E-state index in [-0.39, 0.29) is 12.1 Å². The van der Waals surface area contributed by atoms with Crippen molar-refractivity contribution in [2.24, 2.45) is 0 Å². The zero-order valence-electron chi connectivity index (χ0n) is 12.7. The van der Waals surface area contributed by atoms with Gasteiger partial charge in [0.1, 0.15) is 11.9 Å². The Hall–Kier alpha value is -2.12. The van der Waals surface area contributed by atoms with E-state index in [1.165, 1.54) is 12.1 Å². The van der Waals surface area contributed by atoms with Gasteiger partial charge in [0.2, 0.25) is 10.0 Å². The first-order chi connectivity index (χ1) is 11.2. The fourth-order valence-corrected chi connectivity index (χ4v) is 3.68. The van der Waals surface area contributed by atoms with Crippen molar-refractivity contribution in [1.82, 2.24) is 0 Å². The minimum Gasteiger partial charge on any atom is -0.480 e. The molecule has 0 aliphatic carbocycles. The third-order valence-electron chi connectivity index (χ3n) is 3.38. The number of halogens is 2. The molecule has 0 amide bonds. The van der Waals surface area contributed by atoms with E-state index in [0.717, 1.165) is 22.7 Å². The largest absolute Gasteiger partial charge is 0.480 e. The van der Waals surface area contributed by atoms with Gasteiger partial charge >= 0.3 is 5.97 Å². The summed E-state index contributed by atoms with van der Waals surface area (Å²) in [5.74, 6) is -1.88. The molecule has 0 radical (unpaired) electrons. The second kappa shape index (κ2) is 7.19. The molecule has 0 saturated heterocycles. The lowest BCUT2D eigenvalue weighted by Crippen LogP contribution is -2.46. The summed E-state index contributed by atoms with van der Waals surface area (Å²) in [6.45, 7) is 0. The van der Waals surface area contributed by atoms with Gasteiger partial charge in [-0.1, -0.05) is 29.8 Å². The van der Waals surface area contributed by atoms with Gasteiger partial charge in [0.25, 0.3) is 0 Å². The van der Waals surface area contributed by atoms with Crippen molar-refractivity contribution >= 4 is 33.3 Å². The number of hydrogen-bond donors (Lipinski definition) is 1. The van der Waals surface area contributed by atoms with Crippen molar-refractivity contribution in [3.8, 4) is 0 Å². The molecule has 2 aromatic carbocycles. The first kappa shape index (κ1) is 18.2. The molecule has 128 valence electrons. The summed E-state index contributed by atoms with van der Waals surface area (Å²) in [5.41, 5.74) is 0.570. The first-order valence-corrected chi connectivity index (χ1v) is 9.14. The van der Waals surface area contributed by atoms with E-state index in [1.807, 2.05) is 0 Å². The second-order valence-electron chi connectivity index (χ2n) is 5.18. The van der Waals surface area contributed by atoms with Crippen LogP contribution in [0.3, 0.4) is 0 Å². The van der Waals surface area contributed by atoms with Crippen LogP contribution in [0.5, 0.6) is 0 Å². The predicted octanol–water partition coefficient (Wildman–Crippen LogP) is 2.94. The lowest BCUT2D eigenvalue weighted by molar-refractivity contribution is -0.138. The van der Waals surface area contributed by atoms with Gasteiger partial charge in [0, 0.05) is 11.4 Å². The summed E-state index contributed by atoms with van der Waals surface area (Å²) in [6.07, 6.45) is 0.776. The van der Waals surface area contributed by atoms with E-state index >= 15 is 0 Å². The van der Waals surface area contributed by atoms with E-state index in [4.69, 9.17) is 11.6 Å². The van der Waals surface area contributed by atoms with Gasteiger partial charge in [-0.05, 0) is 35.9 Å². The molecular formula is C16H15ClFNO4S. The summed E-state index contributed by atoms with van der Waals surface area (Å²) >= 11 is 6.05. The number of carboxylic acids is 1. The van der Waals surface area contributed by atoms with Crippen LogP contribution in [0.15, 0.2) is 48.5 Å². The number of hydrogen-bond acceptors (Lipinski definition) is 3. The van der Waals surface area contributed by atoms with Crippen LogP contribution in [-0.2, 0) is 21.2 Å². The maximum Gasteiger partial charge on any atom is 0.327 e. The first-order valence-electron chi connectivity index (χ1n) is 6.91. The van der Waals surface area contributed by atoms with E-state index in [9.17, 15) is 22.7 Å². The molecular weight excluding hydrogens is 357 g/mol. The van der Waals surface area contributed by atoms with E-state index in [1.54, 1.807) is 24.3 Å². The molecule has 0 aliphatic rings. The average Bonchev–Trinajstić information content (AvgIpc) is 2.49. The van der Waals surface area contributed by atoms with Crippen molar-refractivity contribution in [1.29, 1.82) is 0 Å². The lowest BCUT2D eigenvalue weighted by atomic mass is 10.1. The maximum atomic E-state index is 13.1. The monoisotopic (exact) mass is 371 g/mol. The van der Waals surface area contributed by atoms with E-state index in [2.05, 4.69) is 0 Å². The molecule has 1 unspecified atom stereocenters. The Kier molecular flexibility index (Phi) is 5.46. The van der Waals surface area contributed by atoms with Crippen LogP contribution >= 0.6 is 11.6 Å². The third-order valence-corrected chi connectivity index (χ3v) is 4.93. The molecule has 8 heteroatoms. The van der Waals surface area contributed by atoms with Gasteiger partial charge in [-0.15, -0.1) is 0 Å². The average molecular weight is 372 g/mol. The molecule has 0 bridgehead atoms. The number of rotatable bonds is 6. The SMILES string of the molecule is CS(=O)(=O)N(c1ccc(F)cc1)C(Cc1ccccc1Cl)C(=O)O. The number of carboxylic acid groups (broad SMARTS) is 1. The maximum absolute atomic E-state index is 13.1. The Morgan fingerprint density at radius 1 is 1.21 bits per heavy atom. The van der Waals surface area contributed by atoms with Crippen LogP contribution in [0.2, 0.25) is 5.02 Å². The highest BCUT2D eigenvalue weighted by molar-refractivity contribution is 7.92. The smallest absolute Gasteiger partial charge is 0.327 e. The molecule has 0 aliphatic heterocycles. The number of carbonyl (C=O) groups is 1. The highest BCUT2D eigenvalue weighted by Gasteiger charge is 2.33. The van der Waals surface area contributed by atoms with E-state index in [0.29, 0.717) is 10.6 Å². The molecule has 0 spiro atoms. The van der Waals surface area contributed by atoms with E-state index < -0.39 is 27.9 Å². The number of nitrogens with zero attached hydrogens (tertiary/aromatic N) is 1. The number of sulfonamides is 1. The van der Waals surface area contributed by atoms with Crippen molar-refractivity contribution in [2.75, 3.05) is 10.6 Å². The molecule has 0 fully saturated rings. The van der Waals surface area contributed by atoms with Crippen LogP contribution < -0.4 is 4.31 Å². The quantitative estimate of drug-likeness (QED) is 0.847. The Labute approximate surface area is 144 Å². The number of anilines is 1. The minimum atomic E-state index is -3.92. The van der Waals surface area contributed by atoms with Crippen LogP contribution in [0.25, 0.3) is 0 Å². The molecule has 0 heterocycles. The Morgan fingerprint density at radius 2 is 1.79 bits per heavy atom. The second-order valence-corrected chi connectivity index (χ2v) is 7.45. The third kappa shape index (κ3) is 4.24. The Morgan fingerprint density at radius 3 is 2.29 bits per heavy atom. The van der Waals surface area contributed by atoms with Crippen LogP contribution in [0, 0.1) is 5.82 Å². The topological polar surface area (TPSA) is 74.7 Å². The van der Waals surface area contributed by atoms with Crippen molar-refractivity contribution in [3.63, 3.8) is 0 Å². The summed E-state index contributed by atoms with van der Waals surface area (Å²) in [6, 6.07) is 9.77. The standard InChI is InChI=1S/C16H15ClFNO4S/c1-24(22,23)19(13-8-6-12(18)7-9-13)15(16(20)21)10-11-4-2-3-5-14(11)17/h2-9,15H,10H2,1H3,(H,20,21). The number of aliphatic carboxylic acids is 1. The summed E-state index contributed by atoms with van der Waals surface area (Å²) < 4.78 is 38.2. The number of benzene rings is 2. The Balaban J connectivity index is 2.49. The zero-order valence-corrected chi connectivity index (χ0v) is 14.3. The molecule has 0 saturated carbocycles. The van der Waals surface area contributed by atoms with Gasteiger partial charge in [0.15, 0.2) is 0 Å². The van der Waals surface area contributed by atoms with Gasteiger partial charge in [0.05, 0.1) is 11.9 Å². The van der Waals surface area contributed by atoms with Gasteiger partial charge in [-0.25, -0.2) is 17.6 Å².